The van der Waals surface area contributed by atoms with Crippen LogP contribution in [-0.4, -0.2) is 64.4 Å². The van der Waals surface area contributed by atoms with Gasteiger partial charge in [0.1, 0.15) is 11.5 Å². The van der Waals surface area contributed by atoms with E-state index in [-0.39, 0.29) is 13.1 Å². The SMILES string of the molecule is COc1ccc(OC)c([C@@H](C)NS(=O)(=O)N2CCN(C=O)CC2)c1. The summed E-state index contributed by atoms with van der Waals surface area (Å²) in [4.78, 5) is 12.3. The summed E-state index contributed by atoms with van der Waals surface area (Å²) >= 11 is 0. The van der Waals surface area contributed by atoms with Gasteiger partial charge in [-0.05, 0) is 25.1 Å². The van der Waals surface area contributed by atoms with Crippen molar-refractivity contribution in [3.8, 4) is 11.5 Å². The predicted octanol–water partition coefficient (Wildman–Crippen LogP) is 0.373. The molecule has 0 radical (unpaired) electrons. The zero-order valence-corrected chi connectivity index (χ0v) is 14.9. The van der Waals surface area contributed by atoms with E-state index in [1.807, 2.05) is 0 Å². The number of carbonyl (C=O) groups is 1. The third-order valence-corrected chi connectivity index (χ3v) is 5.69. The van der Waals surface area contributed by atoms with Crippen LogP contribution in [0, 0.1) is 0 Å². The average molecular weight is 357 g/mol. The third kappa shape index (κ3) is 4.16. The maximum Gasteiger partial charge on any atom is 0.280 e. The van der Waals surface area contributed by atoms with Gasteiger partial charge in [-0.2, -0.15) is 17.4 Å². The number of benzene rings is 1. The summed E-state index contributed by atoms with van der Waals surface area (Å²) in [6.45, 7) is 3.07. The monoisotopic (exact) mass is 357 g/mol. The molecule has 8 nitrogen and oxygen atoms in total. The van der Waals surface area contributed by atoms with E-state index < -0.39 is 16.3 Å². The van der Waals surface area contributed by atoms with E-state index in [0.717, 1.165) is 6.41 Å². The average Bonchev–Trinajstić information content (AvgIpc) is 2.60. The lowest BCUT2D eigenvalue weighted by atomic mass is 10.1. The first-order chi connectivity index (χ1) is 11.4. The van der Waals surface area contributed by atoms with Gasteiger partial charge in [0.2, 0.25) is 6.41 Å². The van der Waals surface area contributed by atoms with Crippen LogP contribution < -0.4 is 14.2 Å². The van der Waals surface area contributed by atoms with Gasteiger partial charge in [0.15, 0.2) is 0 Å². The quantitative estimate of drug-likeness (QED) is 0.713. The molecule has 9 heteroatoms. The number of hydrogen-bond acceptors (Lipinski definition) is 5. The summed E-state index contributed by atoms with van der Waals surface area (Å²) in [5, 5.41) is 0. The minimum atomic E-state index is -3.66. The standard InChI is InChI=1S/C15H23N3O5S/c1-12(14-10-13(22-2)4-5-15(14)23-3)16-24(20,21)18-8-6-17(11-19)7-9-18/h4-5,10-12,16H,6-9H2,1-3H3/t12-/m1/s1. The van der Waals surface area contributed by atoms with Gasteiger partial charge >= 0.3 is 0 Å². The zero-order chi connectivity index (χ0) is 17.7. The largest absolute Gasteiger partial charge is 0.497 e. The van der Waals surface area contributed by atoms with Crippen LogP contribution in [-0.2, 0) is 15.0 Å². The van der Waals surface area contributed by atoms with Crippen LogP contribution >= 0.6 is 0 Å². The Kier molecular flexibility index (Phi) is 6.03. The molecule has 2 rings (SSSR count). The Hall–Kier alpha value is -1.84. The lowest BCUT2D eigenvalue weighted by molar-refractivity contribution is -0.119. The van der Waals surface area contributed by atoms with Crippen molar-refractivity contribution in [3.63, 3.8) is 0 Å². The summed E-state index contributed by atoms with van der Waals surface area (Å²) in [6.07, 6.45) is 0.737. The third-order valence-electron chi connectivity index (χ3n) is 3.99. The molecule has 1 heterocycles. The van der Waals surface area contributed by atoms with Crippen molar-refractivity contribution in [2.45, 2.75) is 13.0 Å². The molecule has 0 aliphatic carbocycles. The molecular formula is C15H23N3O5S. The molecule has 1 aliphatic heterocycles. The van der Waals surface area contributed by atoms with E-state index >= 15 is 0 Å². The van der Waals surface area contributed by atoms with Gasteiger partial charge < -0.3 is 14.4 Å². The van der Waals surface area contributed by atoms with Crippen LogP contribution in [0.15, 0.2) is 18.2 Å². The molecule has 1 aliphatic rings. The molecule has 1 fully saturated rings. The van der Waals surface area contributed by atoms with E-state index in [2.05, 4.69) is 4.72 Å². The lowest BCUT2D eigenvalue weighted by Crippen LogP contribution is -2.51. The highest BCUT2D eigenvalue weighted by molar-refractivity contribution is 7.87. The molecule has 0 bridgehead atoms. The van der Waals surface area contributed by atoms with Crippen molar-refractivity contribution >= 4 is 16.6 Å². The first-order valence-corrected chi connectivity index (χ1v) is 9.04. The van der Waals surface area contributed by atoms with Gasteiger partial charge in [0.05, 0.1) is 14.2 Å². The maximum atomic E-state index is 12.6. The van der Waals surface area contributed by atoms with E-state index in [1.165, 1.54) is 11.4 Å². The highest BCUT2D eigenvalue weighted by Crippen LogP contribution is 2.29. The summed E-state index contributed by atoms with van der Waals surface area (Å²) < 4.78 is 39.6. The van der Waals surface area contributed by atoms with Gasteiger partial charge in [-0.25, -0.2) is 0 Å². The molecule has 24 heavy (non-hydrogen) atoms. The number of hydrogen-bond donors (Lipinski definition) is 1. The minimum Gasteiger partial charge on any atom is -0.497 e. The van der Waals surface area contributed by atoms with Gasteiger partial charge in [-0.3, -0.25) is 4.79 Å². The normalized spacial score (nSPS) is 17.4. The summed E-state index contributed by atoms with van der Waals surface area (Å²) in [7, 11) is -0.581. The minimum absolute atomic E-state index is 0.274. The number of methoxy groups -OCH3 is 2. The van der Waals surface area contributed by atoms with Crippen molar-refractivity contribution in [2.75, 3.05) is 40.4 Å². The molecule has 1 N–H and O–H groups in total. The Bertz CT molecular complexity index is 672. The summed E-state index contributed by atoms with van der Waals surface area (Å²) in [6, 6.07) is 4.74. The van der Waals surface area contributed by atoms with Crippen LogP contribution in [0.3, 0.4) is 0 Å². The Balaban J connectivity index is 2.13. The van der Waals surface area contributed by atoms with E-state index in [9.17, 15) is 13.2 Å². The second kappa shape index (κ2) is 7.82. The number of piperazine rings is 1. The van der Waals surface area contributed by atoms with Crippen molar-refractivity contribution in [2.24, 2.45) is 0 Å². The van der Waals surface area contributed by atoms with E-state index in [0.29, 0.717) is 30.2 Å². The second-order valence-corrected chi connectivity index (χ2v) is 7.20. The van der Waals surface area contributed by atoms with Crippen molar-refractivity contribution in [3.05, 3.63) is 23.8 Å². The lowest BCUT2D eigenvalue weighted by Gasteiger charge is -2.32. The molecule has 0 spiro atoms. The number of amides is 1. The maximum absolute atomic E-state index is 12.6. The number of nitrogens with one attached hydrogen (secondary N) is 1. The highest BCUT2D eigenvalue weighted by atomic mass is 32.2. The van der Waals surface area contributed by atoms with Gasteiger partial charge in [-0.1, -0.05) is 0 Å². The van der Waals surface area contributed by atoms with Gasteiger partial charge in [0.25, 0.3) is 10.2 Å². The Labute approximate surface area is 142 Å². The summed E-state index contributed by atoms with van der Waals surface area (Å²) in [5.74, 6) is 1.20. The van der Waals surface area contributed by atoms with Crippen molar-refractivity contribution < 1.29 is 22.7 Å². The highest BCUT2D eigenvalue weighted by Gasteiger charge is 2.28. The number of ether oxygens (including phenoxy) is 2. The van der Waals surface area contributed by atoms with Crippen LogP contribution in [0.25, 0.3) is 0 Å². The molecule has 0 saturated carbocycles. The number of carbonyl (C=O) groups excluding carboxylic acids is 1. The first kappa shape index (κ1) is 18.5. The smallest absolute Gasteiger partial charge is 0.280 e. The van der Waals surface area contributed by atoms with Crippen LogP contribution in [0.5, 0.6) is 11.5 Å². The molecule has 1 saturated heterocycles. The van der Waals surface area contributed by atoms with Crippen LogP contribution in [0.4, 0.5) is 0 Å². The van der Waals surface area contributed by atoms with Gasteiger partial charge in [-0.15, -0.1) is 0 Å². The molecular weight excluding hydrogens is 334 g/mol. The van der Waals surface area contributed by atoms with E-state index in [1.54, 1.807) is 37.1 Å². The van der Waals surface area contributed by atoms with Crippen molar-refractivity contribution in [1.29, 1.82) is 0 Å². The molecule has 0 aromatic heterocycles. The van der Waals surface area contributed by atoms with Crippen LogP contribution in [0.1, 0.15) is 18.5 Å². The van der Waals surface area contributed by atoms with E-state index in [4.69, 9.17) is 9.47 Å². The number of rotatable bonds is 7. The molecule has 1 aromatic rings. The fraction of sp³-hybridized carbons (Fsp3) is 0.533. The van der Waals surface area contributed by atoms with Gasteiger partial charge in [0, 0.05) is 37.8 Å². The topological polar surface area (TPSA) is 88.2 Å². The molecule has 0 unspecified atom stereocenters. The number of nitrogens with zero attached hydrogens (tertiary/aromatic N) is 2. The van der Waals surface area contributed by atoms with Crippen molar-refractivity contribution in [1.82, 2.24) is 13.9 Å². The predicted molar refractivity (Wildman–Crippen MR) is 89.2 cm³/mol. The molecule has 134 valence electrons. The Morgan fingerprint density at radius 3 is 2.38 bits per heavy atom. The second-order valence-electron chi connectivity index (χ2n) is 5.49. The fourth-order valence-corrected chi connectivity index (χ4v) is 3.96. The van der Waals surface area contributed by atoms with Crippen LogP contribution in [0.2, 0.25) is 0 Å². The Morgan fingerprint density at radius 1 is 1.17 bits per heavy atom. The molecule has 1 amide bonds. The molecule has 1 atom stereocenters. The Morgan fingerprint density at radius 2 is 1.83 bits per heavy atom. The first-order valence-electron chi connectivity index (χ1n) is 7.60. The zero-order valence-electron chi connectivity index (χ0n) is 14.1. The summed E-state index contributed by atoms with van der Waals surface area (Å²) in [5.41, 5.74) is 0.687. The fourth-order valence-electron chi connectivity index (χ4n) is 2.59. The molecule has 1 aromatic carbocycles.